The normalized spacial score (nSPS) is 24.9. The second-order valence-corrected chi connectivity index (χ2v) is 6.90. The number of rotatable bonds is 4. The second-order valence-electron chi connectivity index (χ2n) is 5.98. The van der Waals surface area contributed by atoms with Crippen LogP contribution in [0.4, 0.5) is 0 Å². The molecule has 0 amide bonds. The third kappa shape index (κ3) is 4.55. The van der Waals surface area contributed by atoms with Crippen molar-refractivity contribution in [1.29, 1.82) is 0 Å². The van der Waals surface area contributed by atoms with Gasteiger partial charge in [-0.05, 0) is 47.3 Å². The Balaban J connectivity index is 1.95. The zero-order valence-electron chi connectivity index (χ0n) is 12.1. The van der Waals surface area contributed by atoms with Crippen LogP contribution in [0.1, 0.15) is 32.9 Å². The van der Waals surface area contributed by atoms with Crippen LogP contribution in [0.5, 0.6) is 0 Å². The van der Waals surface area contributed by atoms with Gasteiger partial charge < -0.3 is 5.32 Å². The van der Waals surface area contributed by atoms with E-state index in [4.69, 9.17) is 0 Å². The molecule has 2 rings (SSSR count). The van der Waals surface area contributed by atoms with Crippen molar-refractivity contribution in [3.63, 3.8) is 0 Å². The monoisotopic (exact) mass is 325 g/mol. The molecule has 1 saturated heterocycles. The van der Waals surface area contributed by atoms with Crippen molar-refractivity contribution >= 4 is 15.9 Å². The van der Waals surface area contributed by atoms with Gasteiger partial charge in [-0.1, -0.05) is 13.8 Å². The van der Waals surface area contributed by atoms with E-state index < -0.39 is 0 Å². The van der Waals surface area contributed by atoms with Gasteiger partial charge in [0.15, 0.2) is 0 Å². The fraction of sp³-hybridized carbons (Fsp3) is 0.667. The number of nitrogens with zero attached hydrogens (tertiary/aromatic N) is 2. The lowest BCUT2D eigenvalue weighted by Gasteiger charge is -2.39. The van der Waals surface area contributed by atoms with E-state index in [-0.39, 0.29) is 0 Å². The quantitative estimate of drug-likeness (QED) is 0.922. The molecule has 0 aliphatic carbocycles. The van der Waals surface area contributed by atoms with Crippen LogP contribution in [0.2, 0.25) is 0 Å². The molecule has 0 aromatic carbocycles. The van der Waals surface area contributed by atoms with Crippen LogP contribution in [-0.2, 0) is 6.54 Å². The molecular weight excluding hydrogens is 302 g/mol. The van der Waals surface area contributed by atoms with Gasteiger partial charge in [-0.15, -0.1) is 0 Å². The molecule has 0 spiro atoms. The van der Waals surface area contributed by atoms with Gasteiger partial charge >= 0.3 is 0 Å². The molecule has 3 nitrogen and oxygen atoms in total. The van der Waals surface area contributed by atoms with Crippen molar-refractivity contribution in [2.24, 2.45) is 5.92 Å². The lowest BCUT2D eigenvalue weighted by molar-refractivity contribution is 0.123. The van der Waals surface area contributed by atoms with Crippen LogP contribution >= 0.6 is 15.9 Å². The molecule has 1 aromatic rings. The molecular formula is C15H24BrN3. The molecule has 0 bridgehead atoms. The van der Waals surface area contributed by atoms with E-state index >= 15 is 0 Å². The summed E-state index contributed by atoms with van der Waals surface area (Å²) < 4.78 is 1.04. The topological polar surface area (TPSA) is 28.2 Å². The second kappa shape index (κ2) is 6.82. The average Bonchev–Trinajstić information content (AvgIpc) is 2.35. The van der Waals surface area contributed by atoms with Crippen molar-refractivity contribution < 1.29 is 0 Å². The molecule has 1 aromatic heterocycles. The first kappa shape index (κ1) is 14.9. The highest BCUT2D eigenvalue weighted by molar-refractivity contribution is 9.10. The number of aromatic nitrogens is 1. The van der Waals surface area contributed by atoms with E-state index in [1.54, 1.807) is 0 Å². The summed E-state index contributed by atoms with van der Waals surface area (Å²) in [7, 11) is 0. The lowest BCUT2D eigenvalue weighted by Crippen LogP contribution is -2.55. The number of halogens is 1. The van der Waals surface area contributed by atoms with Crippen molar-refractivity contribution in [3.05, 3.63) is 28.5 Å². The highest BCUT2D eigenvalue weighted by atomic mass is 79.9. The van der Waals surface area contributed by atoms with Gasteiger partial charge in [-0.3, -0.25) is 9.88 Å². The molecule has 19 heavy (non-hydrogen) atoms. The minimum absolute atomic E-state index is 0.578. The molecule has 0 saturated carbocycles. The maximum Gasteiger partial charge on any atom is 0.0544 e. The van der Waals surface area contributed by atoms with Crippen LogP contribution in [0.15, 0.2) is 22.8 Å². The molecule has 4 heteroatoms. The number of hydrogen-bond donors (Lipinski definition) is 1. The third-order valence-corrected chi connectivity index (χ3v) is 4.16. The molecule has 2 atom stereocenters. The highest BCUT2D eigenvalue weighted by Crippen LogP contribution is 2.16. The first-order chi connectivity index (χ1) is 9.04. The summed E-state index contributed by atoms with van der Waals surface area (Å²) in [4.78, 5) is 7.03. The van der Waals surface area contributed by atoms with E-state index in [9.17, 15) is 0 Å². The zero-order chi connectivity index (χ0) is 13.8. The Kier molecular flexibility index (Phi) is 5.37. The van der Waals surface area contributed by atoms with Crippen molar-refractivity contribution in [3.8, 4) is 0 Å². The molecule has 1 N–H and O–H groups in total. The van der Waals surface area contributed by atoms with E-state index in [0.717, 1.165) is 35.7 Å². The van der Waals surface area contributed by atoms with Crippen LogP contribution in [0.3, 0.4) is 0 Å². The average molecular weight is 326 g/mol. The molecule has 1 aliphatic rings. The summed E-state index contributed by atoms with van der Waals surface area (Å²) >= 11 is 3.43. The Morgan fingerprint density at radius 1 is 1.47 bits per heavy atom. The standard InChI is InChI=1S/C15H24BrN3/c1-11(2)6-15-10-19(12(3)7-17-15)9-14-5-4-13(16)8-18-14/h4-5,8,11-12,15,17H,6-7,9-10H2,1-3H3. The predicted octanol–water partition coefficient (Wildman–Crippen LogP) is 3.05. The van der Waals surface area contributed by atoms with Gasteiger partial charge in [0.25, 0.3) is 0 Å². The van der Waals surface area contributed by atoms with E-state index in [2.05, 4.69) is 64.0 Å². The Hall–Kier alpha value is -0.450. The summed E-state index contributed by atoms with van der Waals surface area (Å²) in [5.74, 6) is 0.749. The number of hydrogen-bond acceptors (Lipinski definition) is 3. The smallest absolute Gasteiger partial charge is 0.0544 e. The Bertz CT molecular complexity index is 391. The molecule has 1 aliphatic heterocycles. The summed E-state index contributed by atoms with van der Waals surface area (Å²) in [6, 6.07) is 5.37. The van der Waals surface area contributed by atoms with E-state index in [1.165, 1.54) is 6.42 Å². The largest absolute Gasteiger partial charge is 0.311 e. The van der Waals surface area contributed by atoms with Gasteiger partial charge in [-0.25, -0.2) is 0 Å². The first-order valence-corrected chi connectivity index (χ1v) is 7.91. The van der Waals surface area contributed by atoms with Crippen LogP contribution < -0.4 is 5.32 Å². The zero-order valence-corrected chi connectivity index (χ0v) is 13.7. The van der Waals surface area contributed by atoms with Crippen molar-refractivity contribution in [1.82, 2.24) is 15.2 Å². The highest BCUT2D eigenvalue weighted by Gasteiger charge is 2.25. The SMILES string of the molecule is CC(C)CC1CN(Cc2ccc(Br)cn2)C(C)CN1. The lowest BCUT2D eigenvalue weighted by atomic mass is 10.00. The molecule has 106 valence electrons. The summed E-state index contributed by atoms with van der Waals surface area (Å²) in [6.07, 6.45) is 3.13. The van der Waals surface area contributed by atoms with Crippen molar-refractivity contribution in [2.75, 3.05) is 13.1 Å². The van der Waals surface area contributed by atoms with Crippen LogP contribution in [0.25, 0.3) is 0 Å². The molecule has 1 fully saturated rings. The minimum Gasteiger partial charge on any atom is -0.311 e. The Morgan fingerprint density at radius 3 is 2.89 bits per heavy atom. The molecule has 2 unspecified atom stereocenters. The van der Waals surface area contributed by atoms with Gasteiger partial charge in [0.05, 0.1) is 5.69 Å². The summed E-state index contributed by atoms with van der Waals surface area (Å²) in [6.45, 7) is 10.0. The predicted molar refractivity (Wildman–Crippen MR) is 83.1 cm³/mol. The van der Waals surface area contributed by atoms with E-state index in [0.29, 0.717) is 12.1 Å². The van der Waals surface area contributed by atoms with Gasteiger partial charge in [0, 0.05) is 42.4 Å². The van der Waals surface area contributed by atoms with E-state index in [1.807, 2.05) is 6.20 Å². The Morgan fingerprint density at radius 2 is 2.26 bits per heavy atom. The van der Waals surface area contributed by atoms with Crippen molar-refractivity contribution in [2.45, 2.75) is 45.8 Å². The molecule has 0 radical (unpaired) electrons. The van der Waals surface area contributed by atoms with Crippen LogP contribution in [-0.4, -0.2) is 35.1 Å². The van der Waals surface area contributed by atoms with Gasteiger partial charge in [0.1, 0.15) is 0 Å². The summed E-state index contributed by atoms with van der Waals surface area (Å²) in [5.41, 5.74) is 1.15. The Labute approximate surface area is 124 Å². The van der Waals surface area contributed by atoms with Gasteiger partial charge in [0.2, 0.25) is 0 Å². The fourth-order valence-corrected chi connectivity index (χ4v) is 2.88. The minimum atomic E-state index is 0.578. The third-order valence-electron chi connectivity index (χ3n) is 3.69. The number of piperazine rings is 1. The maximum atomic E-state index is 4.48. The summed E-state index contributed by atoms with van der Waals surface area (Å²) in [5, 5.41) is 3.66. The fourth-order valence-electron chi connectivity index (χ4n) is 2.65. The maximum absolute atomic E-state index is 4.48. The van der Waals surface area contributed by atoms with Gasteiger partial charge in [-0.2, -0.15) is 0 Å². The van der Waals surface area contributed by atoms with Crippen LogP contribution in [0, 0.1) is 5.92 Å². The molecule has 2 heterocycles. The number of pyridine rings is 1. The number of nitrogens with one attached hydrogen (secondary N) is 1. The first-order valence-electron chi connectivity index (χ1n) is 7.12.